The molecule has 0 aromatic carbocycles. The SMILES string of the molecule is CC(Cc1ccc(O)cn1)C(=O)O. The zero-order chi connectivity index (χ0) is 9.84. The van der Waals surface area contributed by atoms with Crippen LogP contribution >= 0.6 is 0 Å². The molecular weight excluding hydrogens is 170 g/mol. The maximum atomic E-state index is 10.5. The molecule has 13 heavy (non-hydrogen) atoms. The van der Waals surface area contributed by atoms with Gasteiger partial charge in [0, 0.05) is 12.1 Å². The Morgan fingerprint density at radius 3 is 2.77 bits per heavy atom. The van der Waals surface area contributed by atoms with Crippen molar-refractivity contribution >= 4 is 5.97 Å². The Labute approximate surface area is 75.9 Å². The number of hydrogen-bond donors (Lipinski definition) is 2. The van der Waals surface area contributed by atoms with Gasteiger partial charge in [0.15, 0.2) is 0 Å². The number of carboxylic acid groups (broad SMARTS) is 1. The summed E-state index contributed by atoms with van der Waals surface area (Å²) in [4.78, 5) is 14.4. The Hall–Kier alpha value is -1.58. The minimum Gasteiger partial charge on any atom is -0.506 e. The molecule has 4 nitrogen and oxygen atoms in total. The van der Waals surface area contributed by atoms with Gasteiger partial charge in [0.2, 0.25) is 0 Å². The molecule has 2 N–H and O–H groups in total. The highest BCUT2D eigenvalue weighted by atomic mass is 16.4. The number of rotatable bonds is 3. The van der Waals surface area contributed by atoms with Gasteiger partial charge in [-0.15, -0.1) is 0 Å². The van der Waals surface area contributed by atoms with Crippen LogP contribution in [0.3, 0.4) is 0 Å². The van der Waals surface area contributed by atoms with Crippen molar-refractivity contribution in [3.8, 4) is 5.75 Å². The number of carbonyl (C=O) groups is 1. The molecular formula is C9H11NO3. The van der Waals surface area contributed by atoms with Crippen molar-refractivity contribution in [2.45, 2.75) is 13.3 Å². The van der Waals surface area contributed by atoms with Gasteiger partial charge in [-0.2, -0.15) is 0 Å². The molecule has 0 radical (unpaired) electrons. The molecule has 1 heterocycles. The van der Waals surface area contributed by atoms with Crippen molar-refractivity contribution in [2.75, 3.05) is 0 Å². The number of pyridine rings is 1. The quantitative estimate of drug-likeness (QED) is 0.731. The second kappa shape index (κ2) is 3.89. The summed E-state index contributed by atoms with van der Waals surface area (Å²) in [6, 6.07) is 3.12. The van der Waals surface area contributed by atoms with Crippen molar-refractivity contribution < 1.29 is 15.0 Å². The third kappa shape index (κ3) is 2.74. The number of aliphatic carboxylic acids is 1. The summed E-state index contributed by atoms with van der Waals surface area (Å²) in [5, 5.41) is 17.5. The van der Waals surface area contributed by atoms with Crippen molar-refractivity contribution in [3.05, 3.63) is 24.0 Å². The first kappa shape index (κ1) is 9.51. The molecule has 0 aliphatic rings. The van der Waals surface area contributed by atoms with Gasteiger partial charge >= 0.3 is 5.97 Å². The van der Waals surface area contributed by atoms with Crippen LogP contribution in [0.5, 0.6) is 5.75 Å². The zero-order valence-corrected chi connectivity index (χ0v) is 7.27. The maximum absolute atomic E-state index is 10.5. The van der Waals surface area contributed by atoms with Gasteiger partial charge in [-0.1, -0.05) is 6.92 Å². The Morgan fingerprint density at radius 1 is 1.62 bits per heavy atom. The van der Waals surface area contributed by atoms with E-state index in [9.17, 15) is 4.79 Å². The second-order valence-corrected chi connectivity index (χ2v) is 2.95. The van der Waals surface area contributed by atoms with E-state index in [1.807, 2.05) is 0 Å². The first-order valence-corrected chi connectivity index (χ1v) is 3.96. The minimum atomic E-state index is -0.838. The molecule has 1 aromatic heterocycles. The Balaban J connectivity index is 2.64. The summed E-state index contributed by atoms with van der Waals surface area (Å²) in [6.45, 7) is 1.62. The highest BCUT2D eigenvalue weighted by molar-refractivity contribution is 5.69. The first-order chi connectivity index (χ1) is 6.09. The molecule has 1 rings (SSSR count). The fourth-order valence-corrected chi connectivity index (χ4v) is 0.938. The van der Waals surface area contributed by atoms with Gasteiger partial charge in [-0.3, -0.25) is 9.78 Å². The number of carboxylic acids is 1. The van der Waals surface area contributed by atoms with Crippen LogP contribution in [-0.2, 0) is 11.2 Å². The minimum absolute atomic E-state index is 0.0896. The van der Waals surface area contributed by atoms with E-state index in [2.05, 4.69) is 4.98 Å². The van der Waals surface area contributed by atoms with Crippen molar-refractivity contribution in [1.29, 1.82) is 0 Å². The summed E-state index contributed by atoms with van der Waals surface area (Å²) >= 11 is 0. The summed E-state index contributed by atoms with van der Waals surface area (Å²) in [6.07, 6.45) is 1.69. The number of hydrogen-bond acceptors (Lipinski definition) is 3. The van der Waals surface area contributed by atoms with Crippen LogP contribution in [0, 0.1) is 5.92 Å². The molecule has 0 fully saturated rings. The molecule has 0 amide bonds. The van der Waals surface area contributed by atoms with E-state index < -0.39 is 11.9 Å². The molecule has 0 saturated heterocycles. The molecule has 1 aromatic rings. The molecule has 0 spiro atoms. The zero-order valence-electron chi connectivity index (χ0n) is 7.27. The van der Waals surface area contributed by atoms with E-state index in [-0.39, 0.29) is 5.75 Å². The Kier molecular flexibility index (Phi) is 2.84. The fourth-order valence-electron chi connectivity index (χ4n) is 0.938. The standard InChI is InChI=1S/C9H11NO3/c1-6(9(12)13)4-7-2-3-8(11)5-10-7/h2-3,5-6,11H,4H2,1H3,(H,12,13). The normalized spacial score (nSPS) is 12.4. The largest absolute Gasteiger partial charge is 0.506 e. The van der Waals surface area contributed by atoms with Crippen molar-refractivity contribution in [1.82, 2.24) is 4.98 Å². The van der Waals surface area contributed by atoms with Crippen LogP contribution in [0.25, 0.3) is 0 Å². The number of nitrogens with zero attached hydrogens (tertiary/aromatic N) is 1. The van der Waals surface area contributed by atoms with Crippen LogP contribution in [0.1, 0.15) is 12.6 Å². The van der Waals surface area contributed by atoms with E-state index in [0.29, 0.717) is 12.1 Å². The van der Waals surface area contributed by atoms with E-state index in [1.54, 1.807) is 13.0 Å². The first-order valence-electron chi connectivity index (χ1n) is 3.96. The molecule has 70 valence electrons. The predicted molar refractivity (Wildman–Crippen MR) is 46.4 cm³/mol. The highest BCUT2D eigenvalue weighted by Gasteiger charge is 2.11. The lowest BCUT2D eigenvalue weighted by atomic mass is 10.1. The van der Waals surface area contributed by atoms with E-state index in [1.165, 1.54) is 12.3 Å². The molecule has 0 aliphatic carbocycles. The molecule has 0 aliphatic heterocycles. The summed E-state index contributed by atoms with van der Waals surface area (Å²) in [5.74, 6) is -1.20. The predicted octanol–water partition coefficient (Wildman–Crippen LogP) is 1.05. The van der Waals surface area contributed by atoms with E-state index in [4.69, 9.17) is 10.2 Å². The van der Waals surface area contributed by atoms with Crippen LogP contribution in [0.15, 0.2) is 18.3 Å². The summed E-state index contributed by atoms with van der Waals surface area (Å²) < 4.78 is 0. The number of aromatic nitrogens is 1. The van der Waals surface area contributed by atoms with Gasteiger partial charge in [0.05, 0.1) is 12.1 Å². The fraction of sp³-hybridized carbons (Fsp3) is 0.333. The van der Waals surface area contributed by atoms with Gasteiger partial charge in [-0.25, -0.2) is 0 Å². The monoisotopic (exact) mass is 181 g/mol. The van der Waals surface area contributed by atoms with Crippen LogP contribution in [-0.4, -0.2) is 21.2 Å². The molecule has 1 unspecified atom stereocenters. The van der Waals surface area contributed by atoms with Gasteiger partial charge in [0.25, 0.3) is 0 Å². The van der Waals surface area contributed by atoms with Crippen molar-refractivity contribution in [3.63, 3.8) is 0 Å². The van der Waals surface area contributed by atoms with E-state index in [0.717, 1.165) is 0 Å². The van der Waals surface area contributed by atoms with E-state index >= 15 is 0 Å². The lowest BCUT2D eigenvalue weighted by Crippen LogP contribution is -2.12. The van der Waals surface area contributed by atoms with Crippen LogP contribution < -0.4 is 0 Å². The second-order valence-electron chi connectivity index (χ2n) is 2.95. The lowest BCUT2D eigenvalue weighted by Gasteiger charge is -2.04. The summed E-state index contributed by atoms with van der Waals surface area (Å²) in [7, 11) is 0. The van der Waals surface area contributed by atoms with Crippen molar-refractivity contribution in [2.24, 2.45) is 5.92 Å². The average Bonchev–Trinajstić information content (AvgIpc) is 2.08. The maximum Gasteiger partial charge on any atom is 0.306 e. The average molecular weight is 181 g/mol. The van der Waals surface area contributed by atoms with Gasteiger partial charge in [-0.05, 0) is 12.1 Å². The van der Waals surface area contributed by atoms with Crippen LogP contribution in [0.4, 0.5) is 0 Å². The molecule has 4 heteroatoms. The Bertz CT molecular complexity index is 294. The lowest BCUT2D eigenvalue weighted by molar-refractivity contribution is -0.141. The van der Waals surface area contributed by atoms with Gasteiger partial charge in [0.1, 0.15) is 5.75 Å². The molecule has 0 saturated carbocycles. The molecule has 1 atom stereocenters. The topological polar surface area (TPSA) is 70.4 Å². The molecule has 0 bridgehead atoms. The number of aromatic hydroxyl groups is 1. The van der Waals surface area contributed by atoms with Crippen LogP contribution in [0.2, 0.25) is 0 Å². The smallest absolute Gasteiger partial charge is 0.306 e. The third-order valence-corrected chi connectivity index (χ3v) is 1.75. The Morgan fingerprint density at radius 2 is 2.31 bits per heavy atom. The summed E-state index contributed by atoms with van der Waals surface area (Å²) in [5.41, 5.74) is 0.674. The van der Waals surface area contributed by atoms with Gasteiger partial charge < -0.3 is 10.2 Å². The third-order valence-electron chi connectivity index (χ3n) is 1.75. The highest BCUT2D eigenvalue weighted by Crippen LogP contribution is 2.10.